The van der Waals surface area contributed by atoms with Gasteiger partial charge >= 0.3 is 0 Å². The molecule has 0 fully saturated rings. The molecule has 0 spiro atoms. The van der Waals surface area contributed by atoms with E-state index in [0.717, 1.165) is 44.0 Å². The second kappa shape index (κ2) is 8.22. The van der Waals surface area contributed by atoms with Crippen molar-refractivity contribution in [2.75, 3.05) is 32.1 Å². The van der Waals surface area contributed by atoms with Crippen LogP contribution in [0.15, 0.2) is 30.3 Å². The third-order valence-electron chi connectivity index (χ3n) is 4.23. The molecule has 2 heterocycles. The zero-order valence-electron chi connectivity index (χ0n) is 14.5. The van der Waals surface area contributed by atoms with E-state index < -0.39 is 0 Å². The monoisotopic (exact) mass is 326 g/mol. The smallest absolute Gasteiger partial charge is 0.135 e. The number of nitrogens with zero attached hydrogens (tertiary/aromatic N) is 2. The fourth-order valence-electron chi connectivity index (χ4n) is 3.10. The maximum Gasteiger partial charge on any atom is 0.135 e. The zero-order chi connectivity index (χ0) is 16.8. The molecule has 1 aromatic carbocycles. The first kappa shape index (κ1) is 16.9. The molecular formula is C19H26N4O. The highest BCUT2D eigenvalue weighted by atomic mass is 16.5. The average molecular weight is 326 g/mol. The highest BCUT2D eigenvalue weighted by Gasteiger charge is 2.18. The van der Waals surface area contributed by atoms with Crippen molar-refractivity contribution in [3.8, 4) is 0 Å². The van der Waals surface area contributed by atoms with E-state index in [2.05, 4.69) is 41.8 Å². The van der Waals surface area contributed by atoms with Crippen LogP contribution in [0.1, 0.15) is 29.6 Å². The zero-order valence-corrected chi connectivity index (χ0v) is 14.5. The molecule has 1 aromatic heterocycles. The van der Waals surface area contributed by atoms with Gasteiger partial charge in [-0.25, -0.2) is 9.97 Å². The van der Waals surface area contributed by atoms with Crippen LogP contribution in [0.4, 0.5) is 5.82 Å². The van der Waals surface area contributed by atoms with Crippen molar-refractivity contribution < 1.29 is 4.74 Å². The lowest BCUT2D eigenvalue weighted by molar-refractivity contribution is 0.190. The summed E-state index contributed by atoms with van der Waals surface area (Å²) >= 11 is 0. The average Bonchev–Trinajstić information content (AvgIpc) is 2.81. The molecule has 5 heteroatoms. The number of hydrogen-bond acceptors (Lipinski definition) is 5. The lowest BCUT2D eigenvalue weighted by atomic mass is 10.1. The Labute approximate surface area is 143 Å². The summed E-state index contributed by atoms with van der Waals surface area (Å²) in [6.07, 6.45) is 2.67. The second-order valence-electron chi connectivity index (χ2n) is 6.33. The summed E-state index contributed by atoms with van der Waals surface area (Å²) in [4.78, 5) is 9.70. The molecule has 1 unspecified atom stereocenters. The Morgan fingerprint density at radius 1 is 1.17 bits per heavy atom. The molecule has 0 radical (unpaired) electrons. The summed E-state index contributed by atoms with van der Waals surface area (Å²) < 4.78 is 5.25. The SMILES string of the molecule is COCC(C)Nc1nc(Cc2ccccc2)nc2c1CCNCC2. The minimum absolute atomic E-state index is 0.217. The summed E-state index contributed by atoms with van der Waals surface area (Å²) in [7, 11) is 1.73. The Morgan fingerprint density at radius 3 is 2.75 bits per heavy atom. The lowest BCUT2D eigenvalue weighted by Crippen LogP contribution is -2.24. The summed E-state index contributed by atoms with van der Waals surface area (Å²) in [6, 6.07) is 10.6. The van der Waals surface area contributed by atoms with E-state index in [4.69, 9.17) is 14.7 Å². The van der Waals surface area contributed by atoms with E-state index in [-0.39, 0.29) is 6.04 Å². The van der Waals surface area contributed by atoms with Crippen molar-refractivity contribution in [1.82, 2.24) is 15.3 Å². The first-order chi connectivity index (χ1) is 11.8. The molecule has 5 nitrogen and oxygen atoms in total. The number of anilines is 1. The quantitative estimate of drug-likeness (QED) is 0.852. The minimum Gasteiger partial charge on any atom is -0.383 e. The molecule has 3 rings (SSSR count). The molecule has 1 atom stereocenters. The van der Waals surface area contributed by atoms with Gasteiger partial charge in [0.25, 0.3) is 0 Å². The normalized spacial score (nSPS) is 15.4. The van der Waals surface area contributed by atoms with E-state index in [1.165, 1.54) is 16.8 Å². The molecule has 0 saturated heterocycles. The van der Waals surface area contributed by atoms with Crippen LogP contribution in [-0.2, 0) is 24.0 Å². The van der Waals surface area contributed by atoms with Gasteiger partial charge in [0.15, 0.2) is 0 Å². The van der Waals surface area contributed by atoms with Crippen LogP contribution in [-0.4, -0.2) is 42.8 Å². The number of ether oxygens (including phenoxy) is 1. The van der Waals surface area contributed by atoms with E-state index in [1.807, 2.05) is 6.07 Å². The molecule has 24 heavy (non-hydrogen) atoms. The van der Waals surface area contributed by atoms with Crippen molar-refractivity contribution in [2.24, 2.45) is 0 Å². The molecular weight excluding hydrogens is 300 g/mol. The first-order valence-corrected chi connectivity index (χ1v) is 8.65. The largest absolute Gasteiger partial charge is 0.383 e. The van der Waals surface area contributed by atoms with E-state index >= 15 is 0 Å². The number of rotatable bonds is 6. The van der Waals surface area contributed by atoms with Gasteiger partial charge in [-0.3, -0.25) is 0 Å². The summed E-state index contributed by atoms with van der Waals surface area (Å²) in [5.74, 6) is 1.85. The van der Waals surface area contributed by atoms with Gasteiger partial charge in [0.05, 0.1) is 12.3 Å². The van der Waals surface area contributed by atoms with E-state index in [1.54, 1.807) is 7.11 Å². The third-order valence-corrected chi connectivity index (χ3v) is 4.23. The summed E-state index contributed by atoms with van der Waals surface area (Å²) in [5, 5.41) is 6.97. The van der Waals surface area contributed by atoms with E-state index in [0.29, 0.717) is 6.61 Å². The van der Waals surface area contributed by atoms with Gasteiger partial charge in [-0.2, -0.15) is 0 Å². The Hall–Kier alpha value is -1.98. The molecule has 2 N–H and O–H groups in total. The highest BCUT2D eigenvalue weighted by Crippen LogP contribution is 2.21. The lowest BCUT2D eigenvalue weighted by Gasteiger charge is -2.18. The molecule has 0 amide bonds. The number of aromatic nitrogens is 2. The van der Waals surface area contributed by atoms with Crippen LogP contribution in [0.5, 0.6) is 0 Å². The Kier molecular flexibility index (Phi) is 5.77. The van der Waals surface area contributed by atoms with Crippen LogP contribution in [0.3, 0.4) is 0 Å². The van der Waals surface area contributed by atoms with Crippen molar-refractivity contribution in [2.45, 2.75) is 32.2 Å². The van der Waals surface area contributed by atoms with E-state index in [9.17, 15) is 0 Å². The third kappa shape index (κ3) is 4.30. The molecule has 0 aliphatic carbocycles. The Morgan fingerprint density at radius 2 is 1.96 bits per heavy atom. The van der Waals surface area contributed by atoms with Gasteiger partial charge in [0.1, 0.15) is 11.6 Å². The highest BCUT2D eigenvalue weighted by molar-refractivity contribution is 5.48. The number of fused-ring (bicyclic) bond motifs is 1. The Balaban J connectivity index is 1.90. The van der Waals surface area contributed by atoms with Crippen molar-refractivity contribution in [3.05, 3.63) is 53.0 Å². The van der Waals surface area contributed by atoms with Gasteiger partial charge in [0.2, 0.25) is 0 Å². The van der Waals surface area contributed by atoms with Crippen LogP contribution >= 0.6 is 0 Å². The number of hydrogen-bond donors (Lipinski definition) is 2. The molecule has 0 bridgehead atoms. The number of benzene rings is 1. The predicted molar refractivity (Wildman–Crippen MR) is 96.5 cm³/mol. The molecule has 2 aromatic rings. The topological polar surface area (TPSA) is 59.1 Å². The van der Waals surface area contributed by atoms with Crippen molar-refractivity contribution >= 4 is 5.82 Å². The first-order valence-electron chi connectivity index (χ1n) is 8.65. The maximum absolute atomic E-state index is 5.25. The van der Waals surface area contributed by atoms with Crippen molar-refractivity contribution in [3.63, 3.8) is 0 Å². The number of methoxy groups -OCH3 is 1. The van der Waals surface area contributed by atoms with Gasteiger partial charge in [0, 0.05) is 38.1 Å². The van der Waals surface area contributed by atoms with Crippen LogP contribution in [0, 0.1) is 0 Å². The standard InChI is InChI=1S/C19H26N4O/c1-14(13-24-2)21-19-16-8-10-20-11-9-17(16)22-18(23-19)12-15-6-4-3-5-7-15/h3-7,14,20H,8-13H2,1-2H3,(H,21,22,23). The number of nitrogens with one attached hydrogen (secondary N) is 2. The van der Waals surface area contributed by atoms with Crippen LogP contribution < -0.4 is 10.6 Å². The molecule has 128 valence electrons. The van der Waals surface area contributed by atoms with Gasteiger partial charge in [-0.15, -0.1) is 0 Å². The minimum atomic E-state index is 0.217. The van der Waals surface area contributed by atoms with Gasteiger partial charge in [-0.05, 0) is 25.5 Å². The molecule has 0 saturated carbocycles. The fraction of sp³-hybridized carbons (Fsp3) is 0.474. The Bertz CT molecular complexity index is 660. The molecule has 1 aliphatic rings. The van der Waals surface area contributed by atoms with Crippen LogP contribution in [0.25, 0.3) is 0 Å². The maximum atomic E-state index is 5.25. The summed E-state index contributed by atoms with van der Waals surface area (Å²) in [5.41, 5.74) is 3.66. The van der Waals surface area contributed by atoms with Gasteiger partial charge in [-0.1, -0.05) is 30.3 Å². The fourth-order valence-corrected chi connectivity index (χ4v) is 3.10. The van der Waals surface area contributed by atoms with Crippen molar-refractivity contribution in [1.29, 1.82) is 0 Å². The van der Waals surface area contributed by atoms with Gasteiger partial charge < -0.3 is 15.4 Å². The van der Waals surface area contributed by atoms with Crippen LogP contribution in [0.2, 0.25) is 0 Å². The second-order valence-corrected chi connectivity index (χ2v) is 6.33. The predicted octanol–water partition coefficient (Wildman–Crippen LogP) is 2.20. The summed E-state index contributed by atoms with van der Waals surface area (Å²) in [6.45, 7) is 4.72. The molecule has 1 aliphatic heterocycles.